The predicted octanol–water partition coefficient (Wildman–Crippen LogP) is 2.95. The van der Waals surface area contributed by atoms with E-state index >= 15 is 0 Å². The van der Waals surface area contributed by atoms with E-state index in [1.807, 2.05) is 60.7 Å². The van der Waals surface area contributed by atoms with Crippen LogP contribution in [0, 0.1) is 5.92 Å². The molecule has 0 saturated carbocycles. The molecule has 4 heteroatoms. The first kappa shape index (κ1) is 15.3. The Morgan fingerprint density at radius 3 is 2.26 bits per heavy atom. The van der Waals surface area contributed by atoms with E-state index in [0.29, 0.717) is 6.54 Å². The first-order valence-corrected chi connectivity index (χ1v) is 7.78. The van der Waals surface area contributed by atoms with Crippen molar-refractivity contribution in [2.75, 3.05) is 6.61 Å². The lowest BCUT2D eigenvalue weighted by Gasteiger charge is -2.46. The molecule has 0 bridgehead atoms. The van der Waals surface area contributed by atoms with Gasteiger partial charge in [-0.05, 0) is 18.1 Å². The van der Waals surface area contributed by atoms with Gasteiger partial charge in [0.2, 0.25) is 5.91 Å². The van der Waals surface area contributed by atoms with E-state index in [1.54, 1.807) is 11.8 Å². The molecular formula is C19H19NO3. The van der Waals surface area contributed by atoms with Crippen LogP contribution in [0.4, 0.5) is 0 Å². The van der Waals surface area contributed by atoms with E-state index in [2.05, 4.69) is 0 Å². The van der Waals surface area contributed by atoms with Crippen molar-refractivity contribution in [3.8, 4) is 0 Å². The number of ether oxygens (including phenoxy) is 1. The van der Waals surface area contributed by atoms with Crippen molar-refractivity contribution < 1.29 is 14.3 Å². The smallest absolute Gasteiger partial charge is 0.321 e. The molecule has 1 aliphatic rings. The zero-order valence-corrected chi connectivity index (χ0v) is 13.0. The van der Waals surface area contributed by atoms with Crippen molar-refractivity contribution in [2.45, 2.75) is 19.5 Å². The summed E-state index contributed by atoms with van der Waals surface area (Å²) in [7, 11) is 0. The largest absolute Gasteiger partial charge is 0.465 e. The van der Waals surface area contributed by atoms with Gasteiger partial charge in [-0.2, -0.15) is 0 Å². The number of amides is 1. The molecule has 1 saturated heterocycles. The van der Waals surface area contributed by atoms with Gasteiger partial charge in [0, 0.05) is 6.54 Å². The fourth-order valence-electron chi connectivity index (χ4n) is 2.99. The monoisotopic (exact) mass is 309 g/mol. The van der Waals surface area contributed by atoms with E-state index in [9.17, 15) is 9.59 Å². The van der Waals surface area contributed by atoms with Crippen LogP contribution in [-0.2, 0) is 20.9 Å². The van der Waals surface area contributed by atoms with Crippen molar-refractivity contribution >= 4 is 11.9 Å². The molecule has 2 aromatic rings. The van der Waals surface area contributed by atoms with Gasteiger partial charge in [0.25, 0.3) is 0 Å². The van der Waals surface area contributed by atoms with Crippen molar-refractivity contribution in [2.24, 2.45) is 5.92 Å². The minimum Gasteiger partial charge on any atom is -0.465 e. The summed E-state index contributed by atoms with van der Waals surface area (Å²) in [5.74, 6) is -1.34. The third-order valence-electron chi connectivity index (χ3n) is 4.08. The number of likely N-dealkylation sites (tertiary alicyclic amines) is 1. The Morgan fingerprint density at radius 1 is 1.04 bits per heavy atom. The van der Waals surface area contributed by atoms with Crippen LogP contribution >= 0.6 is 0 Å². The molecule has 2 aromatic carbocycles. The number of hydrogen-bond acceptors (Lipinski definition) is 3. The minimum absolute atomic E-state index is 0.166. The molecule has 1 aliphatic heterocycles. The van der Waals surface area contributed by atoms with Crippen molar-refractivity contribution in [3.63, 3.8) is 0 Å². The van der Waals surface area contributed by atoms with Crippen LogP contribution in [0.2, 0.25) is 0 Å². The minimum atomic E-state index is -0.735. The lowest BCUT2D eigenvalue weighted by atomic mass is 9.82. The average Bonchev–Trinajstić information content (AvgIpc) is 2.59. The maximum absolute atomic E-state index is 12.5. The van der Waals surface area contributed by atoms with Gasteiger partial charge in [0.1, 0.15) is 0 Å². The van der Waals surface area contributed by atoms with Gasteiger partial charge >= 0.3 is 5.97 Å². The van der Waals surface area contributed by atoms with Crippen LogP contribution in [0.3, 0.4) is 0 Å². The Morgan fingerprint density at radius 2 is 1.65 bits per heavy atom. The first-order valence-electron chi connectivity index (χ1n) is 7.78. The maximum atomic E-state index is 12.5. The highest BCUT2D eigenvalue weighted by molar-refractivity contribution is 6.03. The summed E-state index contributed by atoms with van der Waals surface area (Å²) >= 11 is 0. The van der Waals surface area contributed by atoms with Crippen molar-refractivity contribution in [3.05, 3.63) is 71.8 Å². The van der Waals surface area contributed by atoms with Crippen LogP contribution in [-0.4, -0.2) is 23.4 Å². The quantitative estimate of drug-likeness (QED) is 0.485. The van der Waals surface area contributed by atoms with Crippen molar-refractivity contribution in [1.82, 2.24) is 4.90 Å². The topological polar surface area (TPSA) is 46.6 Å². The number of rotatable bonds is 5. The molecule has 3 rings (SSSR count). The van der Waals surface area contributed by atoms with Crippen LogP contribution in [0.5, 0.6) is 0 Å². The molecule has 1 fully saturated rings. The predicted molar refractivity (Wildman–Crippen MR) is 86.3 cm³/mol. The summed E-state index contributed by atoms with van der Waals surface area (Å²) in [4.78, 5) is 26.4. The summed E-state index contributed by atoms with van der Waals surface area (Å²) in [6.45, 7) is 2.53. The lowest BCUT2D eigenvalue weighted by molar-refractivity contribution is -0.174. The summed E-state index contributed by atoms with van der Waals surface area (Å²) in [6.07, 6.45) is 0. The number of esters is 1. The molecule has 23 heavy (non-hydrogen) atoms. The molecule has 0 N–H and O–H groups in total. The number of β-lactam (4-membered cyclic amide) rings is 1. The Labute approximate surface area is 135 Å². The second kappa shape index (κ2) is 6.65. The van der Waals surface area contributed by atoms with Crippen LogP contribution in [0.25, 0.3) is 0 Å². The fourth-order valence-corrected chi connectivity index (χ4v) is 2.99. The van der Waals surface area contributed by atoms with E-state index in [0.717, 1.165) is 11.1 Å². The molecular weight excluding hydrogens is 290 g/mol. The number of nitrogens with zero attached hydrogens (tertiary/aromatic N) is 1. The number of carbonyl (C=O) groups is 2. The third kappa shape index (κ3) is 2.97. The Hall–Kier alpha value is -2.62. The van der Waals surface area contributed by atoms with Gasteiger partial charge in [-0.15, -0.1) is 0 Å². The lowest BCUT2D eigenvalue weighted by Crippen LogP contribution is -2.57. The highest BCUT2D eigenvalue weighted by Crippen LogP contribution is 2.41. The number of benzene rings is 2. The molecule has 1 heterocycles. The van der Waals surface area contributed by atoms with Gasteiger partial charge in [0.05, 0.1) is 12.6 Å². The van der Waals surface area contributed by atoms with Crippen LogP contribution in [0.1, 0.15) is 24.1 Å². The zero-order valence-electron chi connectivity index (χ0n) is 13.0. The number of carbonyl (C=O) groups excluding carboxylic acids is 2. The van der Waals surface area contributed by atoms with Crippen molar-refractivity contribution in [1.29, 1.82) is 0 Å². The summed E-state index contributed by atoms with van der Waals surface area (Å²) in [5.41, 5.74) is 2.00. The Kier molecular flexibility index (Phi) is 4.42. The first-order chi connectivity index (χ1) is 11.2. The highest BCUT2D eigenvalue weighted by atomic mass is 16.5. The summed E-state index contributed by atoms with van der Waals surface area (Å²) in [6, 6.07) is 19.2. The molecule has 0 spiro atoms. The summed E-state index contributed by atoms with van der Waals surface area (Å²) < 4.78 is 5.08. The molecule has 0 radical (unpaired) electrons. The average molecular weight is 309 g/mol. The second-order valence-electron chi connectivity index (χ2n) is 5.54. The van der Waals surface area contributed by atoms with Gasteiger partial charge in [-0.3, -0.25) is 9.59 Å². The molecule has 1 amide bonds. The van der Waals surface area contributed by atoms with E-state index in [1.165, 1.54) is 0 Å². The molecule has 0 unspecified atom stereocenters. The van der Waals surface area contributed by atoms with E-state index in [4.69, 9.17) is 4.74 Å². The van der Waals surface area contributed by atoms with Crippen LogP contribution in [0.15, 0.2) is 60.7 Å². The van der Waals surface area contributed by atoms with Gasteiger partial charge in [0.15, 0.2) is 5.92 Å². The maximum Gasteiger partial charge on any atom is 0.321 e. The van der Waals surface area contributed by atoms with Gasteiger partial charge in [-0.1, -0.05) is 60.7 Å². The Balaban J connectivity index is 1.86. The second-order valence-corrected chi connectivity index (χ2v) is 5.54. The van der Waals surface area contributed by atoms with Crippen LogP contribution < -0.4 is 0 Å². The molecule has 0 aliphatic carbocycles. The molecule has 0 aromatic heterocycles. The van der Waals surface area contributed by atoms with Gasteiger partial charge in [-0.25, -0.2) is 0 Å². The molecule has 2 atom stereocenters. The standard InChI is InChI=1S/C19H19NO3/c1-2-23-19(22)16-17(15-11-7-4-8-12-15)20(18(16)21)13-14-9-5-3-6-10-14/h3-12,16-17H,2,13H2,1H3/t16-,17+/m1/s1. The normalized spacial score (nSPS) is 20.0. The molecule has 118 valence electrons. The Bertz CT molecular complexity index is 684. The van der Waals surface area contributed by atoms with E-state index < -0.39 is 11.9 Å². The third-order valence-corrected chi connectivity index (χ3v) is 4.08. The zero-order chi connectivity index (χ0) is 16.2. The highest BCUT2D eigenvalue weighted by Gasteiger charge is 2.52. The van der Waals surface area contributed by atoms with E-state index in [-0.39, 0.29) is 18.6 Å². The molecule has 4 nitrogen and oxygen atoms in total. The fraction of sp³-hybridized carbons (Fsp3) is 0.263. The van der Waals surface area contributed by atoms with Gasteiger partial charge < -0.3 is 9.64 Å². The SMILES string of the molecule is CCOC(=O)[C@H]1C(=O)N(Cc2ccccc2)[C@H]1c1ccccc1. The number of hydrogen-bond donors (Lipinski definition) is 0. The summed E-state index contributed by atoms with van der Waals surface area (Å²) in [5, 5.41) is 0.